The molecule has 0 bridgehead atoms. The number of hydrogen-bond donors (Lipinski definition) is 0. The van der Waals surface area contributed by atoms with Gasteiger partial charge in [-0.25, -0.2) is 4.39 Å². The van der Waals surface area contributed by atoms with Crippen molar-refractivity contribution in [1.29, 1.82) is 0 Å². The second kappa shape index (κ2) is 7.22. The number of para-hydroxylation sites is 3. The third-order valence-corrected chi connectivity index (χ3v) is 5.33. The van der Waals surface area contributed by atoms with Crippen LogP contribution >= 0.6 is 11.8 Å². The average Bonchev–Trinajstić information content (AvgIpc) is 3.05. The molecule has 4 rings (SSSR count). The summed E-state index contributed by atoms with van der Waals surface area (Å²) in [5, 5.41) is -0.205. The molecule has 1 heterocycles. The van der Waals surface area contributed by atoms with E-state index in [0.29, 0.717) is 22.9 Å². The Morgan fingerprint density at radius 2 is 1.62 bits per heavy atom. The van der Waals surface area contributed by atoms with E-state index in [-0.39, 0.29) is 17.1 Å². The van der Waals surface area contributed by atoms with Gasteiger partial charge in [0.05, 0.1) is 11.4 Å². The maximum atomic E-state index is 13.3. The van der Waals surface area contributed by atoms with Gasteiger partial charge in [-0.1, -0.05) is 42.5 Å². The number of amides is 1. The molecule has 26 heavy (non-hydrogen) atoms. The highest BCUT2D eigenvalue weighted by Crippen LogP contribution is 2.45. The first-order chi connectivity index (χ1) is 12.7. The van der Waals surface area contributed by atoms with Crippen molar-refractivity contribution in [2.75, 3.05) is 10.7 Å². The van der Waals surface area contributed by atoms with Crippen LogP contribution in [0.2, 0.25) is 0 Å². The Balaban J connectivity index is 1.71. The van der Waals surface area contributed by atoms with Crippen molar-refractivity contribution in [2.24, 2.45) is 0 Å². The molecule has 0 spiro atoms. The van der Waals surface area contributed by atoms with Gasteiger partial charge in [0.15, 0.2) is 5.75 Å². The van der Waals surface area contributed by atoms with E-state index in [2.05, 4.69) is 0 Å². The van der Waals surface area contributed by atoms with E-state index in [1.54, 1.807) is 17.0 Å². The number of carbonyl (C=O) groups excluding carboxylic acids is 1. The van der Waals surface area contributed by atoms with Crippen LogP contribution in [0.4, 0.5) is 10.1 Å². The highest BCUT2D eigenvalue weighted by Gasteiger charge is 2.35. The lowest BCUT2D eigenvalue weighted by atomic mass is 10.1. The molecule has 0 N–H and O–H groups in total. The molecule has 3 aromatic carbocycles. The molecule has 1 fully saturated rings. The van der Waals surface area contributed by atoms with Crippen molar-refractivity contribution >= 4 is 23.4 Å². The van der Waals surface area contributed by atoms with Crippen LogP contribution in [0.3, 0.4) is 0 Å². The highest BCUT2D eigenvalue weighted by molar-refractivity contribution is 8.00. The number of thioether (sulfide) groups is 1. The van der Waals surface area contributed by atoms with Crippen LogP contribution in [-0.2, 0) is 4.79 Å². The van der Waals surface area contributed by atoms with Gasteiger partial charge in [0.1, 0.15) is 16.9 Å². The Kier molecular flexibility index (Phi) is 4.63. The van der Waals surface area contributed by atoms with E-state index < -0.39 is 0 Å². The molecular weight excluding hydrogens is 349 g/mol. The van der Waals surface area contributed by atoms with Crippen molar-refractivity contribution in [3.8, 4) is 11.5 Å². The Morgan fingerprint density at radius 3 is 2.38 bits per heavy atom. The molecule has 130 valence electrons. The highest BCUT2D eigenvalue weighted by atomic mass is 32.2. The zero-order valence-electron chi connectivity index (χ0n) is 13.8. The predicted molar refractivity (Wildman–Crippen MR) is 102 cm³/mol. The van der Waals surface area contributed by atoms with Gasteiger partial charge >= 0.3 is 0 Å². The number of carbonyl (C=O) groups is 1. The molecule has 0 aliphatic carbocycles. The van der Waals surface area contributed by atoms with Crippen molar-refractivity contribution in [3.05, 3.63) is 90.2 Å². The summed E-state index contributed by atoms with van der Waals surface area (Å²) >= 11 is 1.53. The standard InChI is InChI=1S/C21H16FNO2S/c22-16-12-10-15(11-13-16)21-23(20(24)14-26-21)18-8-4-5-9-19(18)25-17-6-2-1-3-7-17/h1-13,21H,14H2/t21-/m1/s1. The average molecular weight is 365 g/mol. The molecular formula is C21H16FNO2S. The number of ether oxygens (including phenoxy) is 1. The van der Waals surface area contributed by atoms with E-state index in [1.807, 2.05) is 54.6 Å². The van der Waals surface area contributed by atoms with E-state index in [1.165, 1.54) is 23.9 Å². The number of anilines is 1. The van der Waals surface area contributed by atoms with Crippen LogP contribution in [0.25, 0.3) is 0 Å². The van der Waals surface area contributed by atoms with Crippen LogP contribution in [0.1, 0.15) is 10.9 Å². The monoisotopic (exact) mass is 365 g/mol. The normalized spacial score (nSPS) is 16.7. The minimum Gasteiger partial charge on any atom is -0.455 e. The first kappa shape index (κ1) is 16.7. The lowest BCUT2D eigenvalue weighted by molar-refractivity contribution is -0.115. The van der Waals surface area contributed by atoms with Gasteiger partial charge < -0.3 is 4.74 Å². The van der Waals surface area contributed by atoms with Crippen LogP contribution in [0, 0.1) is 5.82 Å². The summed E-state index contributed by atoms with van der Waals surface area (Å²) in [4.78, 5) is 14.3. The Bertz CT molecular complexity index is 915. The van der Waals surface area contributed by atoms with Crippen LogP contribution in [-0.4, -0.2) is 11.7 Å². The quantitative estimate of drug-likeness (QED) is 0.620. The zero-order valence-corrected chi connectivity index (χ0v) is 14.7. The molecule has 3 nitrogen and oxygen atoms in total. The third kappa shape index (κ3) is 3.30. The fraction of sp³-hybridized carbons (Fsp3) is 0.0952. The maximum Gasteiger partial charge on any atom is 0.238 e. The smallest absolute Gasteiger partial charge is 0.238 e. The lowest BCUT2D eigenvalue weighted by Gasteiger charge is -2.26. The largest absolute Gasteiger partial charge is 0.455 e. The van der Waals surface area contributed by atoms with Gasteiger partial charge in [0.25, 0.3) is 0 Å². The van der Waals surface area contributed by atoms with E-state index in [9.17, 15) is 9.18 Å². The summed E-state index contributed by atoms with van der Waals surface area (Å²) < 4.78 is 19.3. The molecule has 1 saturated heterocycles. The summed E-state index contributed by atoms with van der Waals surface area (Å²) in [6.07, 6.45) is 0. The summed E-state index contributed by atoms with van der Waals surface area (Å²) in [7, 11) is 0. The van der Waals surface area contributed by atoms with E-state index >= 15 is 0 Å². The van der Waals surface area contributed by atoms with Gasteiger partial charge in [-0.3, -0.25) is 9.69 Å². The molecule has 5 heteroatoms. The summed E-state index contributed by atoms with van der Waals surface area (Å²) in [6, 6.07) is 23.2. The maximum absolute atomic E-state index is 13.3. The van der Waals surface area contributed by atoms with Gasteiger partial charge in [-0.05, 0) is 42.0 Å². The summed E-state index contributed by atoms with van der Waals surface area (Å²) in [6.45, 7) is 0. The molecule has 0 aromatic heterocycles. The van der Waals surface area contributed by atoms with Gasteiger partial charge in [-0.15, -0.1) is 11.8 Å². The SMILES string of the molecule is O=C1CS[C@H](c2ccc(F)cc2)N1c1ccccc1Oc1ccccc1. The van der Waals surface area contributed by atoms with E-state index in [4.69, 9.17) is 4.74 Å². The predicted octanol–water partition coefficient (Wildman–Crippen LogP) is 5.40. The molecule has 0 unspecified atom stereocenters. The topological polar surface area (TPSA) is 29.5 Å². The molecule has 3 aromatic rings. The Hall–Kier alpha value is -2.79. The molecule has 1 atom stereocenters. The zero-order chi connectivity index (χ0) is 17.9. The molecule has 0 saturated carbocycles. The minimum atomic E-state index is -0.289. The van der Waals surface area contributed by atoms with Crippen LogP contribution in [0.15, 0.2) is 78.9 Å². The van der Waals surface area contributed by atoms with Crippen molar-refractivity contribution in [2.45, 2.75) is 5.37 Å². The van der Waals surface area contributed by atoms with Gasteiger partial charge in [-0.2, -0.15) is 0 Å². The van der Waals surface area contributed by atoms with Gasteiger partial charge in [0, 0.05) is 0 Å². The summed E-state index contributed by atoms with van der Waals surface area (Å²) in [5.41, 5.74) is 1.59. The second-order valence-electron chi connectivity index (χ2n) is 5.86. The lowest BCUT2D eigenvalue weighted by Crippen LogP contribution is -2.28. The first-order valence-electron chi connectivity index (χ1n) is 8.23. The fourth-order valence-electron chi connectivity index (χ4n) is 2.92. The first-order valence-corrected chi connectivity index (χ1v) is 9.28. The number of benzene rings is 3. The second-order valence-corrected chi connectivity index (χ2v) is 6.93. The summed E-state index contributed by atoms with van der Waals surface area (Å²) in [5.74, 6) is 1.41. The van der Waals surface area contributed by atoms with Gasteiger partial charge in [0.2, 0.25) is 5.91 Å². The number of rotatable bonds is 4. The third-order valence-electron chi connectivity index (χ3n) is 4.12. The number of hydrogen-bond acceptors (Lipinski definition) is 3. The van der Waals surface area contributed by atoms with Crippen molar-refractivity contribution < 1.29 is 13.9 Å². The van der Waals surface area contributed by atoms with Crippen LogP contribution in [0.5, 0.6) is 11.5 Å². The van der Waals surface area contributed by atoms with Crippen LogP contribution < -0.4 is 9.64 Å². The molecule has 0 radical (unpaired) electrons. The molecule has 1 amide bonds. The number of nitrogens with zero attached hydrogens (tertiary/aromatic N) is 1. The van der Waals surface area contributed by atoms with Crippen molar-refractivity contribution in [3.63, 3.8) is 0 Å². The Labute approximate surface area is 155 Å². The molecule has 1 aliphatic heterocycles. The minimum absolute atomic E-state index is 0.00781. The van der Waals surface area contributed by atoms with Crippen molar-refractivity contribution in [1.82, 2.24) is 0 Å². The fourth-order valence-corrected chi connectivity index (χ4v) is 4.09. The number of halogens is 1. The Morgan fingerprint density at radius 1 is 0.923 bits per heavy atom. The van der Waals surface area contributed by atoms with E-state index in [0.717, 1.165) is 5.56 Å². The molecule has 1 aliphatic rings.